The summed E-state index contributed by atoms with van der Waals surface area (Å²) in [6, 6.07) is 0. The third kappa shape index (κ3) is 2.11. The van der Waals surface area contributed by atoms with E-state index in [9.17, 15) is 15.0 Å². The maximum Gasteiger partial charge on any atom is 0.338 e. The van der Waals surface area contributed by atoms with Crippen LogP contribution in [0.2, 0.25) is 0 Å². The van der Waals surface area contributed by atoms with Crippen LogP contribution in [0.3, 0.4) is 0 Å². The van der Waals surface area contributed by atoms with Gasteiger partial charge in [-0.2, -0.15) is 0 Å². The van der Waals surface area contributed by atoms with Crippen molar-refractivity contribution in [1.82, 2.24) is 0 Å². The van der Waals surface area contributed by atoms with Gasteiger partial charge < -0.3 is 19.7 Å². The molecule has 2 N–H and O–H groups in total. The molecule has 0 amide bonds. The zero-order valence-electron chi connectivity index (χ0n) is 17.7. The van der Waals surface area contributed by atoms with Crippen LogP contribution in [0.25, 0.3) is 0 Å². The van der Waals surface area contributed by atoms with Gasteiger partial charge in [0.1, 0.15) is 17.5 Å². The molecule has 5 nitrogen and oxygen atoms in total. The first-order valence-electron chi connectivity index (χ1n) is 11.4. The maximum absolute atomic E-state index is 13.2. The molecule has 3 bridgehead atoms. The predicted molar refractivity (Wildman–Crippen MR) is 105 cm³/mol. The molecular formula is C24H32O5. The smallest absolute Gasteiger partial charge is 0.338 e. The number of ether oxygens (including phenoxy) is 2. The van der Waals surface area contributed by atoms with Crippen LogP contribution in [0.1, 0.15) is 47.0 Å². The van der Waals surface area contributed by atoms with Gasteiger partial charge in [-0.05, 0) is 50.9 Å². The van der Waals surface area contributed by atoms with Gasteiger partial charge in [-0.15, -0.1) is 0 Å². The first-order valence-corrected chi connectivity index (χ1v) is 11.4. The Kier molecular flexibility index (Phi) is 3.61. The molecule has 0 radical (unpaired) electrons. The number of fused-ring (bicyclic) bond motifs is 9. The minimum atomic E-state index is -0.543. The first-order chi connectivity index (χ1) is 13.7. The van der Waals surface area contributed by atoms with Gasteiger partial charge in [0.25, 0.3) is 0 Å². The Morgan fingerprint density at radius 1 is 1.17 bits per heavy atom. The standard InChI is InChI=1S/C24H32O5/c1-9-7-13-17(21(26)11(3)20(13)25)16-12(9)8-14-18(16)19-22-10(2)15(28-23(19)27)5-6-24(14,4)29-22/h7,10-18,20-21,25-26H,5-6,8H2,1-4H3/t10-,11+,12-,13-,14+,15-,16-,17-,18-,20-,21+,24-/m1/s1. The molecule has 1 saturated heterocycles. The minimum Gasteiger partial charge on any atom is -0.491 e. The molecule has 3 aliphatic carbocycles. The lowest BCUT2D eigenvalue weighted by Gasteiger charge is -2.48. The molecule has 29 heavy (non-hydrogen) atoms. The molecule has 0 aromatic rings. The Morgan fingerprint density at radius 2 is 1.93 bits per heavy atom. The van der Waals surface area contributed by atoms with E-state index in [1.165, 1.54) is 5.57 Å². The van der Waals surface area contributed by atoms with Crippen LogP contribution in [-0.4, -0.2) is 40.1 Å². The number of esters is 1. The maximum atomic E-state index is 13.2. The number of rotatable bonds is 0. The van der Waals surface area contributed by atoms with Gasteiger partial charge in [-0.25, -0.2) is 4.79 Å². The monoisotopic (exact) mass is 400 g/mol. The molecule has 6 aliphatic rings. The SMILES string of the molecule is CC1=C[C@H]2[C@H](O)[C@H](C)[C@H](O)[C@H]2[C@@H]2[C@@H]3C4=C5O[C@](C)(CC[C@@H](OC4=O)[C@H]5C)[C@H]3C[C@H]12. The van der Waals surface area contributed by atoms with E-state index in [0.29, 0.717) is 5.92 Å². The van der Waals surface area contributed by atoms with Crippen LogP contribution < -0.4 is 0 Å². The normalized spacial score (nSPS) is 57.4. The number of hydrogen-bond acceptors (Lipinski definition) is 5. The summed E-state index contributed by atoms with van der Waals surface area (Å²) in [6.45, 7) is 8.47. The summed E-state index contributed by atoms with van der Waals surface area (Å²) in [4.78, 5) is 13.2. The van der Waals surface area contributed by atoms with Gasteiger partial charge in [-0.1, -0.05) is 25.5 Å². The summed E-state index contributed by atoms with van der Waals surface area (Å²) in [5.74, 6) is 1.34. The molecule has 6 rings (SSSR count). The fourth-order valence-electron chi connectivity index (χ4n) is 8.16. The molecular weight excluding hydrogens is 368 g/mol. The molecule has 12 atom stereocenters. The predicted octanol–water partition coefficient (Wildman–Crippen LogP) is 2.82. The van der Waals surface area contributed by atoms with Gasteiger partial charge >= 0.3 is 5.97 Å². The fourth-order valence-corrected chi connectivity index (χ4v) is 8.16. The molecule has 2 saturated carbocycles. The van der Waals surface area contributed by atoms with Crippen molar-refractivity contribution in [2.45, 2.75) is 70.9 Å². The Labute approximate surface area is 172 Å². The molecule has 3 fully saturated rings. The van der Waals surface area contributed by atoms with Crippen molar-refractivity contribution in [3.8, 4) is 0 Å². The molecule has 3 aliphatic heterocycles. The average Bonchev–Trinajstić information content (AvgIpc) is 3.16. The van der Waals surface area contributed by atoms with Crippen molar-refractivity contribution in [2.24, 2.45) is 47.3 Å². The molecule has 0 unspecified atom stereocenters. The van der Waals surface area contributed by atoms with Crippen molar-refractivity contribution in [3.63, 3.8) is 0 Å². The van der Waals surface area contributed by atoms with E-state index >= 15 is 0 Å². The third-order valence-corrected chi connectivity index (χ3v) is 9.72. The minimum absolute atomic E-state index is 0.0126. The highest BCUT2D eigenvalue weighted by atomic mass is 16.6. The van der Waals surface area contributed by atoms with Gasteiger partial charge in [-0.3, -0.25) is 0 Å². The molecule has 0 aromatic carbocycles. The lowest BCUT2D eigenvalue weighted by molar-refractivity contribution is -0.154. The van der Waals surface area contributed by atoms with Crippen LogP contribution in [-0.2, 0) is 14.3 Å². The van der Waals surface area contributed by atoms with E-state index in [-0.39, 0.29) is 59.1 Å². The van der Waals surface area contributed by atoms with Crippen molar-refractivity contribution in [2.75, 3.05) is 0 Å². The Balaban J connectivity index is 1.55. The van der Waals surface area contributed by atoms with E-state index in [4.69, 9.17) is 9.47 Å². The Bertz CT molecular complexity index is 844. The van der Waals surface area contributed by atoms with Crippen molar-refractivity contribution < 1.29 is 24.5 Å². The molecule has 5 heteroatoms. The van der Waals surface area contributed by atoms with Gasteiger partial charge in [0.2, 0.25) is 0 Å². The quantitative estimate of drug-likeness (QED) is 0.483. The Hall–Kier alpha value is -1.33. The summed E-state index contributed by atoms with van der Waals surface area (Å²) in [7, 11) is 0. The Morgan fingerprint density at radius 3 is 2.69 bits per heavy atom. The molecule has 158 valence electrons. The zero-order chi connectivity index (χ0) is 20.4. The first kappa shape index (κ1) is 18.4. The summed E-state index contributed by atoms with van der Waals surface area (Å²) in [6.07, 6.45) is 3.79. The zero-order valence-corrected chi connectivity index (χ0v) is 17.7. The lowest BCUT2D eigenvalue weighted by Crippen LogP contribution is -2.49. The third-order valence-electron chi connectivity index (χ3n) is 9.72. The van der Waals surface area contributed by atoms with E-state index in [1.54, 1.807) is 0 Å². The van der Waals surface area contributed by atoms with Crippen LogP contribution in [0.15, 0.2) is 23.0 Å². The van der Waals surface area contributed by atoms with Gasteiger partial charge in [0.05, 0.1) is 23.7 Å². The van der Waals surface area contributed by atoms with Crippen molar-refractivity contribution in [1.29, 1.82) is 0 Å². The summed E-state index contributed by atoms with van der Waals surface area (Å²) >= 11 is 0. The van der Waals surface area contributed by atoms with E-state index in [1.807, 2.05) is 6.92 Å². The van der Waals surface area contributed by atoms with E-state index in [0.717, 1.165) is 30.6 Å². The second-order valence-electron chi connectivity index (χ2n) is 10.9. The van der Waals surface area contributed by atoms with Crippen LogP contribution >= 0.6 is 0 Å². The molecule has 3 heterocycles. The number of hydrogen-bond donors (Lipinski definition) is 2. The number of aliphatic hydroxyl groups excluding tert-OH is 2. The summed E-state index contributed by atoms with van der Waals surface area (Å²) < 4.78 is 12.6. The number of allylic oxidation sites excluding steroid dienone is 1. The second kappa shape index (κ2) is 5.67. The second-order valence-corrected chi connectivity index (χ2v) is 10.9. The van der Waals surface area contributed by atoms with Gasteiger partial charge in [0, 0.05) is 23.7 Å². The average molecular weight is 401 g/mol. The van der Waals surface area contributed by atoms with Crippen LogP contribution in [0, 0.1) is 47.3 Å². The van der Waals surface area contributed by atoms with Gasteiger partial charge in [0.15, 0.2) is 0 Å². The van der Waals surface area contributed by atoms with Crippen molar-refractivity contribution >= 4 is 5.97 Å². The highest BCUT2D eigenvalue weighted by Gasteiger charge is 2.66. The number of carbonyl (C=O) groups excluding carboxylic acids is 1. The largest absolute Gasteiger partial charge is 0.491 e. The highest BCUT2D eigenvalue weighted by molar-refractivity contribution is 5.91. The van der Waals surface area contributed by atoms with E-state index in [2.05, 4.69) is 26.8 Å². The van der Waals surface area contributed by atoms with Crippen LogP contribution in [0.4, 0.5) is 0 Å². The molecule has 0 spiro atoms. The van der Waals surface area contributed by atoms with E-state index < -0.39 is 12.2 Å². The summed E-state index contributed by atoms with van der Waals surface area (Å²) in [5, 5.41) is 22.0. The summed E-state index contributed by atoms with van der Waals surface area (Å²) in [5.41, 5.74) is 1.77. The number of carbonyl (C=O) groups is 1. The molecule has 0 aromatic heterocycles. The van der Waals surface area contributed by atoms with Crippen LogP contribution in [0.5, 0.6) is 0 Å². The number of aliphatic hydroxyl groups is 2. The topological polar surface area (TPSA) is 76.0 Å². The lowest BCUT2D eigenvalue weighted by atomic mass is 9.63. The fraction of sp³-hybridized carbons (Fsp3) is 0.792. The van der Waals surface area contributed by atoms with Crippen molar-refractivity contribution in [3.05, 3.63) is 23.0 Å². The highest BCUT2D eigenvalue weighted by Crippen LogP contribution is 2.66.